The number of methoxy groups -OCH3 is 1. The predicted octanol–water partition coefficient (Wildman–Crippen LogP) is 3.74. The molecule has 0 fully saturated rings. The summed E-state index contributed by atoms with van der Waals surface area (Å²) in [6, 6.07) is 8.50. The third kappa shape index (κ3) is 5.82. The van der Waals surface area contributed by atoms with E-state index in [9.17, 15) is 19.5 Å². The number of rotatable bonds is 6. The summed E-state index contributed by atoms with van der Waals surface area (Å²) >= 11 is 0. The molecule has 0 aliphatic rings. The summed E-state index contributed by atoms with van der Waals surface area (Å²) in [6.07, 6.45) is 3.45. The van der Waals surface area contributed by atoms with Crippen LogP contribution in [0.4, 0.5) is 16.2 Å². The van der Waals surface area contributed by atoms with Crippen LogP contribution in [0.1, 0.15) is 35.8 Å². The van der Waals surface area contributed by atoms with E-state index in [-0.39, 0.29) is 46.8 Å². The number of ether oxygens (including phenoxy) is 1. The highest BCUT2D eigenvalue weighted by Gasteiger charge is 2.22. The Morgan fingerprint density at radius 1 is 1.09 bits per heavy atom. The maximum Gasteiger partial charge on any atom is 0.411 e. The molecule has 0 radical (unpaired) electrons. The van der Waals surface area contributed by atoms with E-state index in [0.29, 0.717) is 5.69 Å². The number of carbonyl (C=O) groups excluding carboxylic acids is 3. The zero-order valence-corrected chi connectivity index (χ0v) is 18.0. The molecule has 11 nitrogen and oxygen atoms in total. The van der Waals surface area contributed by atoms with E-state index < -0.39 is 23.5 Å². The van der Waals surface area contributed by atoms with E-state index in [1.165, 1.54) is 56.9 Å². The van der Waals surface area contributed by atoms with Crippen LogP contribution in [0.15, 0.2) is 48.9 Å². The van der Waals surface area contributed by atoms with E-state index in [4.69, 9.17) is 10.7 Å². The molecule has 0 aliphatic carbocycles. The van der Waals surface area contributed by atoms with Crippen LogP contribution in [-0.4, -0.2) is 45.7 Å². The van der Waals surface area contributed by atoms with Crippen LogP contribution in [0.5, 0.6) is 5.75 Å². The summed E-state index contributed by atoms with van der Waals surface area (Å²) in [7, 11) is 1.17. The summed E-state index contributed by atoms with van der Waals surface area (Å²) < 4.78 is 4.59. The van der Waals surface area contributed by atoms with Gasteiger partial charge in [0.15, 0.2) is 5.78 Å². The molecule has 4 N–H and O–H groups in total. The number of hydrogen-bond donors (Lipinski definition) is 4. The lowest BCUT2D eigenvalue weighted by molar-refractivity contribution is -0.110. The maximum absolute atomic E-state index is 12.8. The number of phenolic OH excluding ortho intramolecular Hbond substituents is 1. The molecule has 0 atom stereocenters. The van der Waals surface area contributed by atoms with Gasteiger partial charge in [0.2, 0.25) is 0 Å². The van der Waals surface area contributed by atoms with Crippen molar-refractivity contribution in [2.45, 2.75) is 14.4 Å². The molecule has 11 heteroatoms. The van der Waals surface area contributed by atoms with Crippen molar-refractivity contribution in [2.24, 2.45) is 0 Å². The molecule has 0 spiro atoms. The smallest absolute Gasteiger partial charge is 0.411 e. The Balaban J connectivity index is 0.00000432. The van der Waals surface area contributed by atoms with Crippen molar-refractivity contribution in [1.82, 2.24) is 9.97 Å². The number of ketones is 1. The Morgan fingerprint density at radius 2 is 1.83 bits per heavy atom. The molecule has 2 amide bonds. The van der Waals surface area contributed by atoms with Crippen LogP contribution in [-0.2, 0) is 9.53 Å². The Kier molecular flexibility index (Phi) is 8.33. The summed E-state index contributed by atoms with van der Waals surface area (Å²) in [5.41, 5.74) is 0.353. The van der Waals surface area contributed by atoms with Crippen molar-refractivity contribution in [3.8, 4) is 23.1 Å². The molecule has 3 rings (SSSR count). The highest BCUT2D eigenvalue weighted by atomic mass is 16.5. The van der Waals surface area contributed by atoms with Crippen molar-refractivity contribution in [1.29, 1.82) is 10.7 Å². The Bertz CT molecular complexity index is 1350. The SMILES string of the molecule is C.COC(=O)Nc1cc(O)c(C(=N)C(=O)Nc2ccc(C#N)cc2C(C)=O)cc1-c1cnccn1. The van der Waals surface area contributed by atoms with Crippen molar-refractivity contribution in [3.63, 3.8) is 0 Å². The Labute approximate surface area is 200 Å². The summed E-state index contributed by atoms with van der Waals surface area (Å²) in [6.45, 7) is 1.28. The van der Waals surface area contributed by atoms with Gasteiger partial charge in [0.25, 0.3) is 5.91 Å². The lowest BCUT2D eigenvalue weighted by atomic mass is 10.0. The van der Waals surface area contributed by atoms with Crippen LogP contribution < -0.4 is 10.6 Å². The van der Waals surface area contributed by atoms with Gasteiger partial charge in [0, 0.05) is 35.2 Å². The van der Waals surface area contributed by atoms with Gasteiger partial charge in [-0.3, -0.25) is 30.3 Å². The van der Waals surface area contributed by atoms with Crippen molar-refractivity contribution in [2.75, 3.05) is 17.7 Å². The fraction of sp³-hybridized carbons (Fsp3) is 0.125. The van der Waals surface area contributed by atoms with Gasteiger partial charge in [-0.25, -0.2) is 4.79 Å². The summed E-state index contributed by atoms with van der Waals surface area (Å²) in [5, 5.41) is 32.8. The van der Waals surface area contributed by atoms with Crippen LogP contribution >= 0.6 is 0 Å². The third-order valence-corrected chi connectivity index (χ3v) is 4.67. The van der Waals surface area contributed by atoms with Gasteiger partial charge >= 0.3 is 6.09 Å². The van der Waals surface area contributed by atoms with Crippen LogP contribution in [0, 0.1) is 16.7 Å². The maximum atomic E-state index is 12.8. The first-order valence-corrected chi connectivity index (χ1v) is 9.68. The van der Waals surface area contributed by atoms with Gasteiger partial charge in [0.05, 0.1) is 42.0 Å². The van der Waals surface area contributed by atoms with E-state index in [1.807, 2.05) is 6.07 Å². The quantitative estimate of drug-likeness (QED) is 0.308. The Hall–Kier alpha value is -5.11. The number of nitrogens with zero attached hydrogens (tertiary/aromatic N) is 3. The third-order valence-electron chi connectivity index (χ3n) is 4.67. The first-order chi connectivity index (χ1) is 16.2. The second-order valence-corrected chi connectivity index (χ2v) is 6.88. The van der Waals surface area contributed by atoms with E-state index >= 15 is 0 Å². The minimum absolute atomic E-state index is 0. The number of Topliss-reactive ketones (excluding diaryl/α,β-unsaturated/α-hetero) is 1. The topological polar surface area (TPSA) is 178 Å². The molecule has 178 valence electrons. The van der Waals surface area contributed by atoms with E-state index in [2.05, 4.69) is 25.3 Å². The number of benzene rings is 2. The fourth-order valence-electron chi connectivity index (χ4n) is 3.02. The standard InChI is InChI=1S/C23H18N6O5.CH4/c1-12(30)14-7-13(10-24)3-4-17(14)28-22(32)21(25)16-8-15(19-11-26-5-6-27-19)18(9-20(16)31)29-23(33)34-2;/h3-9,11,25,31H,1-2H3,(H,28,32)(H,29,33);1H4. The molecule has 0 unspecified atom stereocenters. The normalized spacial score (nSPS) is 9.74. The highest BCUT2D eigenvalue weighted by Crippen LogP contribution is 2.33. The summed E-state index contributed by atoms with van der Waals surface area (Å²) in [4.78, 5) is 44.6. The van der Waals surface area contributed by atoms with Crippen LogP contribution in [0.3, 0.4) is 0 Å². The molecular weight excluding hydrogens is 452 g/mol. The largest absolute Gasteiger partial charge is 0.507 e. The van der Waals surface area contributed by atoms with Gasteiger partial charge in [-0.2, -0.15) is 5.26 Å². The number of aromatic hydroxyl groups is 1. The van der Waals surface area contributed by atoms with Gasteiger partial charge in [0.1, 0.15) is 11.5 Å². The predicted molar refractivity (Wildman–Crippen MR) is 129 cm³/mol. The van der Waals surface area contributed by atoms with Gasteiger partial charge in [-0.1, -0.05) is 7.43 Å². The molecule has 3 aromatic rings. The van der Waals surface area contributed by atoms with Crippen LogP contribution in [0.25, 0.3) is 11.3 Å². The number of carbonyl (C=O) groups is 3. The van der Waals surface area contributed by atoms with Gasteiger partial charge < -0.3 is 15.2 Å². The number of amides is 2. The minimum Gasteiger partial charge on any atom is -0.507 e. The average Bonchev–Trinajstić information content (AvgIpc) is 2.84. The second-order valence-electron chi connectivity index (χ2n) is 6.88. The average molecular weight is 474 g/mol. The van der Waals surface area contributed by atoms with Gasteiger partial charge in [-0.15, -0.1) is 0 Å². The molecule has 1 heterocycles. The summed E-state index contributed by atoms with van der Waals surface area (Å²) in [5.74, 6) is -1.77. The lowest BCUT2D eigenvalue weighted by Crippen LogP contribution is -2.24. The molecule has 1 aromatic heterocycles. The number of anilines is 2. The first kappa shape index (κ1) is 26.1. The van der Waals surface area contributed by atoms with Gasteiger partial charge in [-0.05, 0) is 31.2 Å². The zero-order valence-electron chi connectivity index (χ0n) is 18.0. The molecule has 2 aromatic carbocycles. The highest BCUT2D eigenvalue weighted by molar-refractivity contribution is 6.48. The lowest BCUT2D eigenvalue weighted by Gasteiger charge is -2.15. The van der Waals surface area contributed by atoms with E-state index in [0.717, 1.165) is 6.07 Å². The molecule has 0 aliphatic heterocycles. The van der Waals surface area contributed by atoms with Crippen molar-refractivity contribution < 1.29 is 24.2 Å². The number of phenols is 1. The zero-order chi connectivity index (χ0) is 24.8. The number of hydrogen-bond acceptors (Lipinski definition) is 9. The van der Waals surface area contributed by atoms with Crippen molar-refractivity contribution >= 4 is 34.9 Å². The monoisotopic (exact) mass is 474 g/mol. The molecule has 0 saturated heterocycles. The molecular formula is C24H22N6O5. The number of aromatic nitrogens is 2. The minimum atomic E-state index is -0.915. The second kappa shape index (κ2) is 11.2. The Morgan fingerprint density at radius 3 is 2.43 bits per heavy atom. The van der Waals surface area contributed by atoms with Crippen molar-refractivity contribution in [3.05, 3.63) is 65.6 Å². The fourth-order valence-corrected chi connectivity index (χ4v) is 3.02. The molecule has 0 saturated carbocycles. The van der Waals surface area contributed by atoms with Crippen LogP contribution in [0.2, 0.25) is 0 Å². The number of nitriles is 1. The first-order valence-electron chi connectivity index (χ1n) is 9.68. The van der Waals surface area contributed by atoms with E-state index in [1.54, 1.807) is 0 Å². The number of nitrogens with one attached hydrogen (secondary N) is 3. The molecule has 0 bridgehead atoms. The molecule has 35 heavy (non-hydrogen) atoms.